The SMILES string of the molecule is CCC(CCCC(C)C1CC(O)OC1=O)C(CC(C)O)C(C)O. The molecule has 3 N–H and O–H groups in total. The third kappa shape index (κ3) is 6.40. The van der Waals surface area contributed by atoms with Gasteiger partial charge in [-0.05, 0) is 44.4 Å². The lowest BCUT2D eigenvalue weighted by molar-refractivity contribution is -0.156. The van der Waals surface area contributed by atoms with Gasteiger partial charge >= 0.3 is 5.97 Å². The van der Waals surface area contributed by atoms with E-state index in [4.69, 9.17) is 4.74 Å². The molecule has 1 saturated heterocycles. The van der Waals surface area contributed by atoms with Crippen LogP contribution in [-0.2, 0) is 9.53 Å². The Balaban J connectivity index is 2.45. The van der Waals surface area contributed by atoms with Crippen LogP contribution in [0.1, 0.15) is 66.2 Å². The molecule has 7 unspecified atom stereocenters. The molecule has 1 aliphatic rings. The molecule has 23 heavy (non-hydrogen) atoms. The molecule has 0 aromatic heterocycles. The van der Waals surface area contributed by atoms with Crippen LogP contribution < -0.4 is 0 Å². The molecule has 5 nitrogen and oxygen atoms in total. The van der Waals surface area contributed by atoms with Crippen LogP contribution in [0.4, 0.5) is 0 Å². The van der Waals surface area contributed by atoms with Crippen LogP contribution in [0.15, 0.2) is 0 Å². The van der Waals surface area contributed by atoms with Crippen LogP contribution in [-0.4, -0.2) is 39.8 Å². The Morgan fingerprint density at radius 2 is 1.87 bits per heavy atom. The molecule has 0 radical (unpaired) electrons. The molecule has 0 bridgehead atoms. The van der Waals surface area contributed by atoms with Crippen molar-refractivity contribution in [2.75, 3.05) is 0 Å². The third-order valence-corrected chi connectivity index (χ3v) is 5.29. The average molecular weight is 330 g/mol. The number of carbonyl (C=O) groups is 1. The lowest BCUT2D eigenvalue weighted by Crippen LogP contribution is -2.29. The molecule has 0 spiro atoms. The van der Waals surface area contributed by atoms with E-state index in [-0.39, 0.29) is 23.7 Å². The fraction of sp³-hybridized carbons (Fsp3) is 0.944. The fourth-order valence-corrected chi connectivity index (χ4v) is 3.85. The van der Waals surface area contributed by atoms with Gasteiger partial charge < -0.3 is 20.1 Å². The van der Waals surface area contributed by atoms with Gasteiger partial charge in [0.2, 0.25) is 6.29 Å². The first-order valence-electron chi connectivity index (χ1n) is 9.00. The van der Waals surface area contributed by atoms with Crippen molar-refractivity contribution in [2.24, 2.45) is 23.7 Å². The Morgan fingerprint density at radius 3 is 2.30 bits per heavy atom. The summed E-state index contributed by atoms with van der Waals surface area (Å²) in [4.78, 5) is 11.7. The van der Waals surface area contributed by atoms with Crippen LogP contribution >= 0.6 is 0 Å². The third-order valence-electron chi connectivity index (χ3n) is 5.29. The van der Waals surface area contributed by atoms with Gasteiger partial charge in [0.25, 0.3) is 0 Å². The summed E-state index contributed by atoms with van der Waals surface area (Å²) in [7, 11) is 0. The summed E-state index contributed by atoms with van der Waals surface area (Å²) in [6.45, 7) is 7.72. The van der Waals surface area contributed by atoms with Gasteiger partial charge in [-0.2, -0.15) is 0 Å². The standard InChI is InChI=1S/C18H34O5/c1-5-14(16(13(4)20)9-12(3)19)8-6-7-11(2)15-10-17(21)23-18(15)22/h11-17,19-21H,5-10H2,1-4H3. The van der Waals surface area contributed by atoms with Gasteiger partial charge in [-0.3, -0.25) is 4.79 Å². The largest absolute Gasteiger partial charge is 0.436 e. The summed E-state index contributed by atoms with van der Waals surface area (Å²) in [5.74, 6) is 0.188. The highest BCUT2D eigenvalue weighted by molar-refractivity contribution is 5.74. The molecule has 0 aromatic rings. The average Bonchev–Trinajstić information content (AvgIpc) is 2.79. The number of esters is 1. The highest BCUT2D eigenvalue weighted by atomic mass is 16.6. The molecule has 0 aliphatic carbocycles. The van der Waals surface area contributed by atoms with Gasteiger partial charge in [0.05, 0.1) is 18.1 Å². The molecule has 1 fully saturated rings. The fourth-order valence-electron chi connectivity index (χ4n) is 3.85. The first kappa shape index (κ1) is 20.4. The normalized spacial score (nSPS) is 28.0. The highest BCUT2D eigenvalue weighted by Gasteiger charge is 2.36. The van der Waals surface area contributed by atoms with Crippen molar-refractivity contribution in [3.05, 3.63) is 0 Å². The molecule has 0 aromatic carbocycles. The van der Waals surface area contributed by atoms with Gasteiger partial charge in [0.1, 0.15) is 0 Å². The smallest absolute Gasteiger partial charge is 0.311 e. The number of cyclic esters (lactones) is 1. The molecule has 1 aliphatic heterocycles. The lowest BCUT2D eigenvalue weighted by Gasteiger charge is -2.30. The summed E-state index contributed by atoms with van der Waals surface area (Å²) in [6, 6.07) is 0. The van der Waals surface area contributed by atoms with Gasteiger partial charge in [0, 0.05) is 6.42 Å². The van der Waals surface area contributed by atoms with Crippen molar-refractivity contribution in [2.45, 2.75) is 84.7 Å². The quantitative estimate of drug-likeness (QED) is 0.536. The van der Waals surface area contributed by atoms with E-state index in [0.717, 1.165) is 25.7 Å². The van der Waals surface area contributed by atoms with Crippen LogP contribution in [0.3, 0.4) is 0 Å². The second-order valence-corrected chi connectivity index (χ2v) is 7.30. The molecule has 7 atom stereocenters. The first-order chi connectivity index (χ1) is 10.8. The van der Waals surface area contributed by atoms with Crippen LogP contribution in [0.25, 0.3) is 0 Å². The minimum atomic E-state index is -0.941. The molecular weight excluding hydrogens is 296 g/mol. The summed E-state index contributed by atoms with van der Waals surface area (Å²) in [5, 5.41) is 29.0. The maximum Gasteiger partial charge on any atom is 0.311 e. The Kier molecular flexibility index (Phi) is 8.51. The van der Waals surface area contributed by atoms with E-state index in [2.05, 4.69) is 6.92 Å². The van der Waals surface area contributed by atoms with Crippen molar-refractivity contribution < 1.29 is 24.9 Å². The number of rotatable bonds is 10. The van der Waals surface area contributed by atoms with Crippen molar-refractivity contribution in [3.63, 3.8) is 0 Å². The summed E-state index contributed by atoms with van der Waals surface area (Å²) < 4.78 is 4.81. The van der Waals surface area contributed by atoms with Crippen LogP contribution in [0.5, 0.6) is 0 Å². The highest BCUT2D eigenvalue weighted by Crippen LogP contribution is 2.33. The predicted octanol–water partition coefficient (Wildman–Crippen LogP) is 2.47. The predicted molar refractivity (Wildman–Crippen MR) is 88.5 cm³/mol. The van der Waals surface area contributed by atoms with E-state index in [1.54, 1.807) is 13.8 Å². The molecule has 1 rings (SSSR count). The van der Waals surface area contributed by atoms with Crippen molar-refractivity contribution in [3.8, 4) is 0 Å². The second kappa shape index (κ2) is 9.60. The number of ether oxygens (including phenoxy) is 1. The maximum absolute atomic E-state index is 11.7. The lowest BCUT2D eigenvalue weighted by atomic mass is 9.78. The zero-order valence-corrected chi connectivity index (χ0v) is 14.9. The summed E-state index contributed by atoms with van der Waals surface area (Å²) in [6.07, 6.45) is 3.08. The Hall–Kier alpha value is -0.650. The number of hydrogen-bond acceptors (Lipinski definition) is 5. The summed E-state index contributed by atoms with van der Waals surface area (Å²) >= 11 is 0. The zero-order valence-electron chi connectivity index (χ0n) is 14.9. The molecule has 0 amide bonds. The van der Waals surface area contributed by atoms with E-state index in [0.29, 0.717) is 18.8 Å². The van der Waals surface area contributed by atoms with E-state index in [9.17, 15) is 20.1 Å². The van der Waals surface area contributed by atoms with Crippen molar-refractivity contribution in [1.82, 2.24) is 0 Å². The van der Waals surface area contributed by atoms with Crippen LogP contribution in [0, 0.1) is 23.7 Å². The molecule has 5 heteroatoms. The number of aliphatic hydroxyl groups is 3. The van der Waals surface area contributed by atoms with E-state index in [1.165, 1.54) is 0 Å². The van der Waals surface area contributed by atoms with Gasteiger partial charge in [-0.25, -0.2) is 0 Å². The molecule has 1 heterocycles. The Morgan fingerprint density at radius 1 is 1.22 bits per heavy atom. The minimum Gasteiger partial charge on any atom is -0.436 e. The van der Waals surface area contributed by atoms with Crippen molar-refractivity contribution >= 4 is 5.97 Å². The number of carbonyl (C=O) groups excluding carboxylic acids is 1. The van der Waals surface area contributed by atoms with Crippen LogP contribution in [0.2, 0.25) is 0 Å². The summed E-state index contributed by atoms with van der Waals surface area (Å²) in [5.41, 5.74) is 0. The molecule has 0 saturated carbocycles. The zero-order chi connectivity index (χ0) is 17.6. The van der Waals surface area contributed by atoms with E-state index in [1.807, 2.05) is 6.92 Å². The maximum atomic E-state index is 11.7. The molecular formula is C18H34O5. The van der Waals surface area contributed by atoms with Gasteiger partial charge in [0.15, 0.2) is 0 Å². The van der Waals surface area contributed by atoms with Gasteiger partial charge in [-0.1, -0.05) is 33.1 Å². The monoisotopic (exact) mass is 330 g/mol. The minimum absolute atomic E-state index is 0.105. The number of aliphatic hydroxyl groups excluding tert-OH is 3. The Bertz CT molecular complexity index is 355. The number of hydrogen-bond donors (Lipinski definition) is 3. The van der Waals surface area contributed by atoms with Gasteiger partial charge in [-0.15, -0.1) is 0 Å². The first-order valence-corrected chi connectivity index (χ1v) is 9.00. The van der Waals surface area contributed by atoms with E-state index < -0.39 is 18.5 Å². The topological polar surface area (TPSA) is 87.0 Å². The van der Waals surface area contributed by atoms with Crippen molar-refractivity contribution in [1.29, 1.82) is 0 Å². The Labute approximate surface area is 140 Å². The van der Waals surface area contributed by atoms with E-state index >= 15 is 0 Å². The second-order valence-electron chi connectivity index (χ2n) is 7.30. The molecule has 136 valence electrons.